The molecule has 0 radical (unpaired) electrons. The molecular formula is C23H28N4OS2. The van der Waals surface area contributed by atoms with E-state index in [1.807, 2.05) is 42.2 Å². The molecule has 2 aromatic heterocycles. The van der Waals surface area contributed by atoms with Crippen molar-refractivity contribution in [2.45, 2.75) is 56.6 Å². The first-order valence-electron chi connectivity index (χ1n) is 10.7. The number of hydrogen-bond acceptors (Lipinski definition) is 5. The second-order valence-electron chi connectivity index (χ2n) is 7.58. The van der Waals surface area contributed by atoms with E-state index in [0.29, 0.717) is 18.3 Å². The van der Waals surface area contributed by atoms with Gasteiger partial charge in [0.25, 0.3) is 0 Å². The second kappa shape index (κ2) is 10.3. The molecule has 1 fully saturated rings. The molecule has 0 spiro atoms. The lowest BCUT2D eigenvalue weighted by Gasteiger charge is -2.26. The Balaban J connectivity index is 1.51. The molecule has 0 saturated heterocycles. The number of thiophene rings is 1. The summed E-state index contributed by atoms with van der Waals surface area (Å²) in [7, 11) is 0. The van der Waals surface area contributed by atoms with Gasteiger partial charge in [-0.3, -0.25) is 4.79 Å². The number of carbonyl (C=O) groups excluding carboxylic acids is 1. The van der Waals surface area contributed by atoms with Crippen molar-refractivity contribution >= 4 is 34.7 Å². The lowest BCUT2D eigenvalue weighted by molar-refractivity contribution is -0.116. The van der Waals surface area contributed by atoms with E-state index in [1.54, 1.807) is 11.3 Å². The summed E-state index contributed by atoms with van der Waals surface area (Å²) >= 11 is 3.28. The summed E-state index contributed by atoms with van der Waals surface area (Å²) < 4.78 is 2.33. The van der Waals surface area contributed by atoms with Crippen LogP contribution in [-0.4, -0.2) is 33.0 Å². The Morgan fingerprint density at radius 3 is 2.63 bits per heavy atom. The Bertz CT molecular complexity index is 934. The number of anilines is 1. The van der Waals surface area contributed by atoms with Crippen LogP contribution in [0.5, 0.6) is 0 Å². The minimum atomic E-state index is 0.103. The van der Waals surface area contributed by atoms with Gasteiger partial charge in [0.1, 0.15) is 5.82 Å². The van der Waals surface area contributed by atoms with Gasteiger partial charge < -0.3 is 9.47 Å². The monoisotopic (exact) mass is 440 g/mol. The van der Waals surface area contributed by atoms with Gasteiger partial charge >= 0.3 is 0 Å². The first-order chi connectivity index (χ1) is 14.8. The smallest absolute Gasteiger partial charge is 0.237 e. The first kappa shape index (κ1) is 21.1. The Labute approximate surface area is 186 Å². The minimum Gasteiger partial charge on any atom is -0.312 e. The van der Waals surface area contributed by atoms with Crippen molar-refractivity contribution in [3.8, 4) is 0 Å². The minimum absolute atomic E-state index is 0.103. The van der Waals surface area contributed by atoms with Crippen LogP contribution in [0.25, 0.3) is 0 Å². The molecule has 0 atom stereocenters. The van der Waals surface area contributed by atoms with E-state index in [4.69, 9.17) is 0 Å². The van der Waals surface area contributed by atoms with Crippen molar-refractivity contribution in [2.24, 2.45) is 0 Å². The molecule has 1 amide bonds. The summed E-state index contributed by atoms with van der Waals surface area (Å²) in [6.07, 6.45) is 6.96. The van der Waals surface area contributed by atoms with Gasteiger partial charge in [0.15, 0.2) is 5.16 Å². The normalized spacial score (nSPS) is 14.7. The van der Waals surface area contributed by atoms with Crippen LogP contribution >= 0.6 is 23.1 Å². The number of thioether (sulfide) groups is 1. The third kappa shape index (κ3) is 4.95. The summed E-state index contributed by atoms with van der Waals surface area (Å²) in [5.74, 6) is 1.49. The predicted octanol–water partition coefficient (Wildman–Crippen LogP) is 5.58. The number of hydrogen-bond donors (Lipinski definition) is 0. The number of amides is 1. The molecule has 3 aromatic rings. The molecule has 30 heavy (non-hydrogen) atoms. The summed E-state index contributed by atoms with van der Waals surface area (Å²) in [4.78, 5) is 16.1. The van der Waals surface area contributed by atoms with Crippen molar-refractivity contribution in [3.63, 3.8) is 0 Å². The molecule has 0 aliphatic heterocycles. The van der Waals surface area contributed by atoms with Gasteiger partial charge in [-0.25, -0.2) is 0 Å². The average molecular weight is 441 g/mol. The van der Waals surface area contributed by atoms with Crippen LogP contribution in [0.3, 0.4) is 0 Å². The highest BCUT2D eigenvalue weighted by atomic mass is 32.2. The molecular weight excluding hydrogens is 412 g/mol. The van der Waals surface area contributed by atoms with Gasteiger partial charge in [-0.2, -0.15) is 0 Å². The largest absolute Gasteiger partial charge is 0.312 e. The van der Waals surface area contributed by atoms with E-state index in [-0.39, 0.29) is 5.91 Å². The molecule has 0 unspecified atom stereocenters. The molecule has 1 aliphatic carbocycles. The van der Waals surface area contributed by atoms with Crippen LogP contribution in [-0.2, 0) is 11.2 Å². The quantitative estimate of drug-likeness (QED) is 0.429. The fraction of sp³-hybridized carbons (Fsp3) is 0.435. The van der Waals surface area contributed by atoms with Crippen LogP contribution in [0.4, 0.5) is 5.69 Å². The highest BCUT2D eigenvalue weighted by molar-refractivity contribution is 7.99. The summed E-state index contributed by atoms with van der Waals surface area (Å²) in [6, 6.07) is 14.5. The third-order valence-corrected chi connectivity index (χ3v) is 7.40. The molecule has 0 N–H and O–H groups in total. The van der Waals surface area contributed by atoms with Gasteiger partial charge in [-0.05, 0) is 43.3 Å². The van der Waals surface area contributed by atoms with Crippen molar-refractivity contribution in [2.75, 3.05) is 17.2 Å². The zero-order chi connectivity index (χ0) is 20.8. The van der Waals surface area contributed by atoms with E-state index in [0.717, 1.165) is 23.1 Å². The van der Waals surface area contributed by atoms with E-state index in [1.165, 1.54) is 48.7 Å². The molecule has 4 rings (SSSR count). The summed E-state index contributed by atoms with van der Waals surface area (Å²) in [6.45, 7) is 2.67. The number of aromatic nitrogens is 3. The number of para-hydroxylation sites is 1. The predicted molar refractivity (Wildman–Crippen MR) is 124 cm³/mol. The van der Waals surface area contributed by atoms with Gasteiger partial charge in [0.05, 0.1) is 5.75 Å². The standard InChI is InChI=1S/C23H28N4OS2/c1-2-26(18-10-5-3-6-11-18)22(28)17-30-23-25-24-21(16-20-14-9-15-29-20)27(23)19-12-7-4-8-13-19/h3,5-6,9-11,14-15,19H,2,4,7-8,12-13,16-17H2,1H3. The van der Waals surface area contributed by atoms with Gasteiger partial charge in [0, 0.05) is 29.6 Å². The third-order valence-electron chi connectivity index (χ3n) is 5.60. The Hall–Kier alpha value is -2.12. The number of nitrogens with zero attached hydrogens (tertiary/aromatic N) is 4. The van der Waals surface area contributed by atoms with Crippen molar-refractivity contribution in [1.82, 2.24) is 14.8 Å². The Morgan fingerprint density at radius 2 is 1.93 bits per heavy atom. The van der Waals surface area contributed by atoms with E-state index < -0.39 is 0 Å². The molecule has 158 valence electrons. The Morgan fingerprint density at radius 1 is 1.13 bits per heavy atom. The molecule has 7 heteroatoms. The lowest BCUT2D eigenvalue weighted by atomic mass is 9.95. The highest BCUT2D eigenvalue weighted by Gasteiger charge is 2.24. The van der Waals surface area contributed by atoms with Gasteiger partial charge in [0.2, 0.25) is 5.91 Å². The second-order valence-corrected chi connectivity index (χ2v) is 9.55. The van der Waals surface area contributed by atoms with Crippen molar-refractivity contribution in [3.05, 3.63) is 58.5 Å². The maximum absolute atomic E-state index is 12.9. The number of rotatable bonds is 8. The first-order valence-corrected chi connectivity index (χ1v) is 12.6. The molecule has 2 heterocycles. The van der Waals surface area contributed by atoms with Crippen LogP contribution < -0.4 is 4.90 Å². The Kier molecular flexibility index (Phi) is 7.23. The highest BCUT2D eigenvalue weighted by Crippen LogP contribution is 2.33. The fourth-order valence-corrected chi connectivity index (χ4v) is 5.72. The average Bonchev–Trinajstić information content (AvgIpc) is 3.44. The molecule has 1 aliphatic rings. The maximum atomic E-state index is 12.9. The summed E-state index contributed by atoms with van der Waals surface area (Å²) in [5.41, 5.74) is 0.942. The molecule has 5 nitrogen and oxygen atoms in total. The number of carbonyl (C=O) groups is 1. The van der Waals surface area contributed by atoms with Gasteiger partial charge in [-0.15, -0.1) is 21.5 Å². The van der Waals surface area contributed by atoms with Crippen LogP contribution in [0.1, 0.15) is 55.8 Å². The van der Waals surface area contributed by atoms with Crippen molar-refractivity contribution in [1.29, 1.82) is 0 Å². The topological polar surface area (TPSA) is 51.0 Å². The SMILES string of the molecule is CCN(C(=O)CSc1nnc(Cc2cccs2)n1C1CCCCC1)c1ccccc1. The number of benzene rings is 1. The van der Waals surface area contributed by atoms with Crippen LogP contribution in [0, 0.1) is 0 Å². The molecule has 0 bridgehead atoms. The van der Waals surface area contributed by atoms with Crippen molar-refractivity contribution < 1.29 is 4.79 Å². The van der Waals surface area contributed by atoms with E-state index in [9.17, 15) is 4.79 Å². The van der Waals surface area contributed by atoms with Gasteiger partial charge in [-0.1, -0.05) is 55.3 Å². The van der Waals surface area contributed by atoms with E-state index in [2.05, 4.69) is 32.3 Å². The van der Waals surface area contributed by atoms with Crippen LogP contribution in [0.15, 0.2) is 53.0 Å². The molecule has 1 saturated carbocycles. The zero-order valence-electron chi connectivity index (χ0n) is 17.4. The summed E-state index contributed by atoms with van der Waals surface area (Å²) in [5, 5.41) is 12.0. The fourth-order valence-electron chi connectivity index (χ4n) is 4.12. The molecule has 1 aromatic carbocycles. The maximum Gasteiger partial charge on any atom is 0.237 e. The zero-order valence-corrected chi connectivity index (χ0v) is 19.0. The van der Waals surface area contributed by atoms with E-state index >= 15 is 0 Å². The van der Waals surface area contributed by atoms with Crippen LogP contribution in [0.2, 0.25) is 0 Å². The lowest BCUT2D eigenvalue weighted by Crippen LogP contribution is -2.32.